The van der Waals surface area contributed by atoms with Gasteiger partial charge in [-0.25, -0.2) is 0 Å². The summed E-state index contributed by atoms with van der Waals surface area (Å²) in [4.78, 5) is 0. The fourth-order valence-electron chi connectivity index (χ4n) is 3.05. The standard InChI is InChI=1S/C20H24O3/c1-19(2,3)13-9-17-11(7-15(13)21)12-8-16(22)14(20(4,5)6)10-18(12)23-17/h7-10,21-22H,1-6H3. The summed E-state index contributed by atoms with van der Waals surface area (Å²) in [6.07, 6.45) is 0. The van der Waals surface area contributed by atoms with Crippen molar-refractivity contribution in [3.63, 3.8) is 0 Å². The lowest BCUT2D eigenvalue weighted by molar-refractivity contribution is 0.446. The number of rotatable bonds is 0. The first kappa shape index (κ1) is 15.7. The maximum atomic E-state index is 10.4. The van der Waals surface area contributed by atoms with Gasteiger partial charge < -0.3 is 14.6 Å². The predicted octanol–water partition coefficient (Wildman–Crippen LogP) is 5.59. The molecule has 0 spiro atoms. The molecule has 0 bridgehead atoms. The van der Waals surface area contributed by atoms with E-state index >= 15 is 0 Å². The van der Waals surface area contributed by atoms with Crippen molar-refractivity contribution in [3.8, 4) is 11.5 Å². The number of phenols is 2. The fourth-order valence-corrected chi connectivity index (χ4v) is 3.05. The molecule has 0 fully saturated rings. The van der Waals surface area contributed by atoms with Crippen LogP contribution in [0.3, 0.4) is 0 Å². The van der Waals surface area contributed by atoms with Crippen LogP contribution in [0.15, 0.2) is 28.7 Å². The van der Waals surface area contributed by atoms with Crippen molar-refractivity contribution in [3.05, 3.63) is 35.4 Å². The van der Waals surface area contributed by atoms with Gasteiger partial charge in [0.25, 0.3) is 0 Å². The lowest BCUT2D eigenvalue weighted by atomic mass is 9.85. The summed E-state index contributed by atoms with van der Waals surface area (Å²) in [5.74, 6) is 0.513. The summed E-state index contributed by atoms with van der Waals surface area (Å²) >= 11 is 0. The molecule has 0 radical (unpaired) electrons. The van der Waals surface area contributed by atoms with Crippen molar-refractivity contribution in [2.24, 2.45) is 0 Å². The van der Waals surface area contributed by atoms with Crippen molar-refractivity contribution in [1.82, 2.24) is 0 Å². The minimum Gasteiger partial charge on any atom is -0.508 e. The van der Waals surface area contributed by atoms with E-state index in [2.05, 4.69) is 41.5 Å². The summed E-state index contributed by atoms with van der Waals surface area (Å²) < 4.78 is 6.01. The van der Waals surface area contributed by atoms with Gasteiger partial charge in [-0.1, -0.05) is 41.5 Å². The minimum atomic E-state index is -0.171. The molecule has 2 aromatic carbocycles. The zero-order chi connectivity index (χ0) is 17.2. The van der Waals surface area contributed by atoms with Gasteiger partial charge in [0.2, 0.25) is 0 Å². The van der Waals surface area contributed by atoms with Crippen LogP contribution in [0, 0.1) is 0 Å². The van der Waals surface area contributed by atoms with E-state index in [-0.39, 0.29) is 22.3 Å². The van der Waals surface area contributed by atoms with E-state index in [1.807, 2.05) is 12.1 Å². The zero-order valence-corrected chi connectivity index (χ0v) is 14.6. The van der Waals surface area contributed by atoms with Gasteiger partial charge in [0, 0.05) is 21.9 Å². The number of furan rings is 1. The third kappa shape index (κ3) is 2.54. The molecule has 0 unspecified atom stereocenters. The molecule has 0 aliphatic heterocycles. The fraction of sp³-hybridized carbons (Fsp3) is 0.400. The molecule has 0 atom stereocenters. The van der Waals surface area contributed by atoms with Crippen molar-refractivity contribution in [2.75, 3.05) is 0 Å². The van der Waals surface area contributed by atoms with Crippen LogP contribution in [0.2, 0.25) is 0 Å². The Labute approximate surface area is 136 Å². The van der Waals surface area contributed by atoms with E-state index in [9.17, 15) is 10.2 Å². The Bertz CT molecular complexity index is 828. The molecular formula is C20H24O3. The molecular weight excluding hydrogens is 288 g/mol. The largest absolute Gasteiger partial charge is 0.508 e. The summed E-state index contributed by atoms with van der Waals surface area (Å²) in [6, 6.07) is 7.27. The molecule has 3 heteroatoms. The van der Waals surface area contributed by atoms with Crippen molar-refractivity contribution >= 4 is 21.9 Å². The lowest BCUT2D eigenvalue weighted by Gasteiger charge is -2.20. The summed E-state index contributed by atoms with van der Waals surface area (Å²) in [5, 5.41) is 22.4. The van der Waals surface area contributed by atoms with Crippen molar-refractivity contribution in [1.29, 1.82) is 0 Å². The Morgan fingerprint density at radius 3 is 1.30 bits per heavy atom. The van der Waals surface area contributed by atoms with Crippen LogP contribution in [0.1, 0.15) is 52.7 Å². The third-order valence-electron chi connectivity index (χ3n) is 4.32. The Hall–Kier alpha value is -2.16. The molecule has 0 amide bonds. The Morgan fingerprint density at radius 2 is 1.00 bits per heavy atom. The highest BCUT2D eigenvalue weighted by molar-refractivity contribution is 6.06. The van der Waals surface area contributed by atoms with E-state index in [0.717, 1.165) is 33.1 Å². The van der Waals surface area contributed by atoms with Crippen LogP contribution >= 0.6 is 0 Å². The molecule has 3 aromatic rings. The molecule has 1 aromatic heterocycles. The van der Waals surface area contributed by atoms with Gasteiger partial charge in [0.1, 0.15) is 22.7 Å². The monoisotopic (exact) mass is 312 g/mol. The first-order valence-corrected chi connectivity index (χ1v) is 7.91. The zero-order valence-electron chi connectivity index (χ0n) is 14.6. The van der Waals surface area contributed by atoms with Crippen LogP contribution in [0.4, 0.5) is 0 Å². The number of fused-ring (bicyclic) bond motifs is 3. The van der Waals surface area contributed by atoms with Crippen molar-refractivity contribution < 1.29 is 14.6 Å². The van der Waals surface area contributed by atoms with E-state index in [4.69, 9.17) is 4.42 Å². The van der Waals surface area contributed by atoms with Crippen LogP contribution in [0.5, 0.6) is 11.5 Å². The third-order valence-corrected chi connectivity index (χ3v) is 4.32. The SMILES string of the molecule is CC(C)(C)c1cc2oc3cc(C(C)(C)C)c(O)cc3c2cc1O. The Kier molecular flexibility index (Phi) is 3.19. The molecule has 3 rings (SSSR count). The van der Waals surface area contributed by atoms with Crippen LogP contribution in [-0.2, 0) is 10.8 Å². The number of hydrogen-bond donors (Lipinski definition) is 2. The van der Waals surface area contributed by atoms with Gasteiger partial charge in [-0.2, -0.15) is 0 Å². The second kappa shape index (κ2) is 4.67. The molecule has 1 heterocycles. The van der Waals surface area contributed by atoms with Gasteiger partial charge >= 0.3 is 0 Å². The van der Waals surface area contributed by atoms with E-state index in [0.29, 0.717) is 0 Å². The molecule has 0 saturated heterocycles. The Morgan fingerprint density at radius 1 is 0.652 bits per heavy atom. The minimum absolute atomic E-state index is 0.171. The van der Waals surface area contributed by atoms with Crippen LogP contribution in [0.25, 0.3) is 21.9 Å². The smallest absolute Gasteiger partial charge is 0.135 e. The van der Waals surface area contributed by atoms with Crippen molar-refractivity contribution in [2.45, 2.75) is 52.4 Å². The summed E-state index contributed by atoms with van der Waals surface area (Å²) in [5.41, 5.74) is 2.82. The van der Waals surface area contributed by atoms with Crippen LogP contribution in [-0.4, -0.2) is 10.2 Å². The highest BCUT2D eigenvalue weighted by atomic mass is 16.3. The molecule has 0 saturated carbocycles. The van der Waals surface area contributed by atoms with Crippen LogP contribution < -0.4 is 0 Å². The van der Waals surface area contributed by atoms with E-state index < -0.39 is 0 Å². The van der Waals surface area contributed by atoms with Gasteiger partial charge in [-0.3, -0.25) is 0 Å². The highest BCUT2D eigenvalue weighted by Crippen LogP contribution is 2.41. The van der Waals surface area contributed by atoms with E-state index in [1.165, 1.54) is 0 Å². The average molecular weight is 312 g/mol. The molecule has 122 valence electrons. The predicted molar refractivity (Wildman–Crippen MR) is 94.4 cm³/mol. The second-order valence-corrected chi connectivity index (χ2v) is 8.33. The lowest BCUT2D eigenvalue weighted by Crippen LogP contribution is -2.11. The van der Waals surface area contributed by atoms with Gasteiger partial charge in [-0.05, 0) is 35.1 Å². The van der Waals surface area contributed by atoms with Gasteiger partial charge in [0.15, 0.2) is 0 Å². The first-order valence-electron chi connectivity index (χ1n) is 7.91. The molecule has 3 nitrogen and oxygen atoms in total. The Balaban J connectivity index is 2.35. The van der Waals surface area contributed by atoms with Gasteiger partial charge in [0.05, 0.1) is 0 Å². The quantitative estimate of drug-likeness (QED) is 0.568. The molecule has 0 aliphatic carbocycles. The average Bonchev–Trinajstić information content (AvgIpc) is 2.72. The number of phenolic OH excluding ortho intramolecular Hbond substituents is 2. The topological polar surface area (TPSA) is 53.6 Å². The summed E-state index contributed by atoms with van der Waals surface area (Å²) in [6.45, 7) is 12.3. The van der Waals surface area contributed by atoms with Gasteiger partial charge in [-0.15, -0.1) is 0 Å². The molecule has 2 N–H and O–H groups in total. The molecule has 23 heavy (non-hydrogen) atoms. The second-order valence-electron chi connectivity index (χ2n) is 8.33. The highest BCUT2D eigenvalue weighted by Gasteiger charge is 2.23. The maximum absolute atomic E-state index is 10.4. The number of hydrogen-bond acceptors (Lipinski definition) is 3. The normalized spacial score (nSPS) is 13.1. The number of benzene rings is 2. The van der Waals surface area contributed by atoms with E-state index in [1.54, 1.807) is 12.1 Å². The maximum Gasteiger partial charge on any atom is 0.135 e. The molecule has 0 aliphatic rings. The number of aromatic hydroxyl groups is 2. The summed E-state index contributed by atoms with van der Waals surface area (Å²) in [7, 11) is 0. The first-order chi connectivity index (χ1) is 10.5.